The van der Waals surface area contributed by atoms with Crippen LogP contribution >= 0.6 is 11.3 Å². The van der Waals surface area contributed by atoms with Crippen LogP contribution in [-0.2, 0) is 13.6 Å². The highest BCUT2D eigenvalue weighted by molar-refractivity contribution is 7.07. The molecule has 3 rings (SSSR count). The molecule has 1 fully saturated rings. The zero-order valence-electron chi connectivity index (χ0n) is 12.8. The van der Waals surface area contributed by atoms with E-state index in [1.54, 1.807) is 11.7 Å². The quantitative estimate of drug-likeness (QED) is 0.919. The van der Waals surface area contributed by atoms with Crippen molar-refractivity contribution in [1.29, 1.82) is 0 Å². The molecule has 0 aliphatic carbocycles. The SMILES string of the molecule is CN1CCN(C(=O)NCc2cscn2)C[C@H]1c1nccn1C. The molecule has 2 aromatic heterocycles. The number of aryl methyl sites for hydroxylation is 1. The van der Waals surface area contributed by atoms with E-state index in [2.05, 4.69) is 27.2 Å². The van der Waals surface area contributed by atoms with Gasteiger partial charge in [0, 0.05) is 44.5 Å². The third-order valence-corrected chi connectivity index (χ3v) is 4.63. The molecule has 118 valence electrons. The lowest BCUT2D eigenvalue weighted by Gasteiger charge is -2.38. The number of hydrogen-bond acceptors (Lipinski definition) is 5. The van der Waals surface area contributed by atoms with E-state index in [-0.39, 0.29) is 12.1 Å². The second-order valence-corrected chi connectivity index (χ2v) is 6.20. The van der Waals surface area contributed by atoms with Crippen molar-refractivity contribution in [2.75, 3.05) is 26.7 Å². The number of hydrogen-bond donors (Lipinski definition) is 1. The van der Waals surface area contributed by atoms with E-state index in [1.807, 2.05) is 28.1 Å². The van der Waals surface area contributed by atoms with E-state index in [1.165, 1.54) is 11.3 Å². The second-order valence-electron chi connectivity index (χ2n) is 5.48. The van der Waals surface area contributed by atoms with Gasteiger partial charge in [-0.1, -0.05) is 0 Å². The van der Waals surface area contributed by atoms with Gasteiger partial charge in [0.2, 0.25) is 0 Å². The molecule has 2 amide bonds. The van der Waals surface area contributed by atoms with Crippen molar-refractivity contribution in [3.63, 3.8) is 0 Å². The molecule has 8 heteroatoms. The maximum atomic E-state index is 12.3. The van der Waals surface area contributed by atoms with Gasteiger partial charge in [0.05, 0.1) is 23.8 Å². The highest BCUT2D eigenvalue weighted by Crippen LogP contribution is 2.22. The van der Waals surface area contributed by atoms with Crippen molar-refractivity contribution in [1.82, 2.24) is 29.7 Å². The number of nitrogens with zero attached hydrogens (tertiary/aromatic N) is 5. The number of carbonyl (C=O) groups is 1. The van der Waals surface area contributed by atoms with Crippen LogP contribution in [0.1, 0.15) is 17.6 Å². The van der Waals surface area contributed by atoms with E-state index < -0.39 is 0 Å². The molecule has 3 heterocycles. The Hall–Kier alpha value is -1.93. The Kier molecular flexibility index (Phi) is 4.39. The standard InChI is InChI=1S/C14H20N6OS/c1-18-5-6-20(8-12(18)13-15-3-4-19(13)2)14(21)16-7-11-9-22-10-17-11/h3-4,9-10,12H,5-8H2,1-2H3,(H,16,21)/t12-/m0/s1. The number of piperazine rings is 1. The molecule has 0 spiro atoms. The summed E-state index contributed by atoms with van der Waals surface area (Å²) >= 11 is 1.53. The highest BCUT2D eigenvalue weighted by Gasteiger charge is 2.30. The van der Waals surface area contributed by atoms with Crippen molar-refractivity contribution >= 4 is 17.4 Å². The number of urea groups is 1. The van der Waals surface area contributed by atoms with E-state index >= 15 is 0 Å². The smallest absolute Gasteiger partial charge is 0.317 e. The topological polar surface area (TPSA) is 66.3 Å². The normalized spacial score (nSPS) is 19.4. The largest absolute Gasteiger partial charge is 0.337 e. The molecule has 7 nitrogen and oxygen atoms in total. The molecule has 0 aromatic carbocycles. The minimum absolute atomic E-state index is 0.0414. The average Bonchev–Trinajstić information content (AvgIpc) is 3.17. The van der Waals surface area contributed by atoms with Crippen LogP contribution in [0.25, 0.3) is 0 Å². The molecule has 1 aliphatic rings. The zero-order valence-corrected chi connectivity index (χ0v) is 13.6. The van der Waals surface area contributed by atoms with E-state index in [0.717, 1.165) is 24.6 Å². The summed E-state index contributed by atoms with van der Waals surface area (Å²) in [4.78, 5) is 25.0. The lowest BCUT2D eigenvalue weighted by molar-refractivity contribution is 0.104. The summed E-state index contributed by atoms with van der Waals surface area (Å²) < 4.78 is 2.01. The van der Waals surface area contributed by atoms with Crippen molar-refractivity contribution in [2.24, 2.45) is 7.05 Å². The van der Waals surface area contributed by atoms with Crippen LogP contribution in [0.3, 0.4) is 0 Å². The molecular formula is C14H20N6OS. The molecule has 2 aromatic rings. The molecule has 0 radical (unpaired) electrons. The lowest BCUT2D eigenvalue weighted by atomic mass is 10.1. The van der Waals surface area contributed by atoms with Gasteiger partial charge in [0.15, 0.2) is 0 Å². The maximum Gasteiger partial charge on any atom is 0.317 e. The molecule has 0 saturated carbocycles. The predicted octanol–water partition coefficient (Wildman–Crippen LogP) is 1.07. The molecule has 1 saturated heterocycles. The van der Waals surface area contributed by atoms with Crippen LogP contribution in [0.4, 0.5) is 4.79 Å². The number of aromatic nitrogens is 3. The third-order valence-electron chi connectivity index (χ3n) is 4.00. The fourth-order valence-corrected chi connectivity index (χ4v) is 3.20. The summed E-state index contributed by atoms with van der Waals surface area (Å²) in [6.45, 7) is 2.67. The van der Waals surface area contributed by atoms with Crippen LogP contribution in [0, 0.1) is 0 Å². The van der Waals surface area contributed by atoms with Gasteiger partial charge in [0.25, 0.3) is 0 Å². The van der Waals surface area contributed by atoms with Gasteiger partial charge in [0.1, 0.15) is 5.82 Å². The molecular weight excluding hydrogens is 300 g/mol. The Bertz CT molecular complexity index is 625. The fourth-order valence-electron chi connectivity index (χ4n) is 2.64. The summed E-state index contributed by atoms with van der Waals surface area (Å²) in [5.74, 6) is 0.986. The van der Waals surface area contributed by atoms with E-state index in [0.29, 0.717) is 13.1 Å². The average molecular weight is 320 g/mol. The molecule has 1 atom stereocenters. The number of amides is 2. The van der Waals surface area contributed by atoms with Gasteiger partial charge in [-0.05, 0) is 7.05 Å². The van der Waals surface area contributed by atoms with Gasteiger partial charge >= 0.3 is 6.03 Å². The zero-order chi connectivity index (χ0) is 15.5. The van der Waals surface area contributed by atoms with Gasteiger partial charge in [-0.15, -0.1) is 11.3 Å². The number of thiazole rings is 1. The molecule has 0 unspecified atom stereocenters. The third kappa shape index (κ3) is 3.12. The van der Waals surface area contributed by atoms with Gasteiger partial charge in [-0.2, -0.15) is 0 Å². The highest BCUT2D eigenvalue weighted by atomic mass is 32.1. The Morgan fingerprint density at radius 1 is 1.41 bits per heavy atom. The first kappa shape index (κ1) is 15.0. The van der Waals surface area contributed by atoms with Crippen LogP contribution < -0.4 is 5.32 Å². The summed E-state index contributed by atoms with van der Waals surface area (Å²) in [7, 11) is 4.06. The number of nitrogens with one attached hydrogen (secondary N) is 1. The van der Waals surface area contributed by atoms with Crippen molar-refractivity contribution in [2.45, 2.75) is 12.6 Å². The summed E-state index contributed by atoms with van der Waals surface area (Å²) in [6, 6.07) is 0.0825. The molecule has 1 N–H and O–H groups in total. The maximum absolute atomic E-state index is 12.3. The fraction of sp³-hybridized carbons (Fsp3) is 0.500. The van der Waals surface area contributed by atoms with E-state index in [9.17, 15) is 4.79 Å². The number of likely N-dealkylation sites (N-methyl/N-ethyl adjacent to an activating group) is 1. The molecule has 1 aliphatic heterocycles. The van der Waals surface area contributed by atoms with Crippen molar-refractivity contribution < 1.29 is 4.79 Å². The van der Waals surface area contributed by atoms with Gasteiger partial charge in [-0.3, -0.25) is 4.90 Å². The summed E-state index contributed by atoms with van der Waals surface area (Å²) in [6.07, 6.45) is 3.73. The van der Waals surface area contributed by atoms with Crippen LogP contribution in [0.15, 0.2) is 23.3 Å². The second kappa shape index (κ2) is 6.45. The Balaban J connectivity index is 1.62. The Morgan fingerprint density at radius 2 is 2.27 bits per heavy atom. The van der Waals surface area contributed by atoms with Gasteiger partial charge < -0.3 is 14.8 Å². The van der Waals surface area contributed by atoms with Crippen LogP contribution in [0.5, 0.6) is 0 Å². The first-order valence-corrected chi connectivity index (χ1v) is 8.16. The first-order valence-electron chi connectivity index (χ1n) is 7.22. The molecule has 0 bridgehead atoms. The Morgan fingerprint density at radius 3 is 2.95 bits per heavy atom. The van der Waals surface area contributed by atoms with Crippen molar-refractivity contribution in [3.8, 4) is 0 Å². The number of carbonyl (C=O) groups excluding carboxylic acids is 1. The predicted molar refractivity (Wildman–Crippen MR) is 84.5 cm³/mol. The minimum Gasteiger partial charge on any atom is -0.337 e. The van der Waals surface area contributed by atoms with Crippen molar-refractivity contribution in [3.05, 3.63) is 34.8 Å². The summed E-state index contributed by atoms with van der Waals surface area (Å²) in [5, 5.41) is 4.88. The monoisotopic (exact) mass is 320 g/mol. The van der Waals surface area contributed by atoms with Crippen LogP contribution in [0.2, 0.25) is 0 Å². The van der Waals surface area contributed by atoms with E-state index in [4.69, 9.17) is 0 Å². The molecule has 22 heavy (non-hydrogen) atoms. The Labute approximate surface area is 133 Å². The first-order chi connectivity index (χ1) is 10.6. The minimum atomic E-state index is -0.0414. The number of imidazole rings is 1. The lowest BCUT2D eigenvalue weighted by Crippen LogP contribution is -2.52. The van der Waals surface area contributed by atoms with Crippen LogP contribution in [-0.4, -0.2) is 57.0 Å². The summed E-state index contributed by atoms with van der Waals surface area (Å²) in [5.41, 5.74) is 2.67. The number of rotatable bonds is 3. The van der Waals surface area contributed by atoms with Gasteiger partial charge in [-0.25, -0.2) is 14.8 Å².